The van der Waals surface area contributed by atoms with E-state index in [0.717, 1.165) is 25.9 Å². The Morgan fingerprint density at radius 3 is 2.64 bits per heavy atom. The molecule has 1 atom stereocenters. The number of hydrazine groups is 2. The molecule has 0 aromatic rings. The standard InChI is InChI=1S/C7H20N4/c1-3-6-11(9)7(2)4-5-10-8/h7,10H,3-6,8-9H2,1-2H3. The monoisotopic (exact) mass is 160 g/mol. The zero-order valence-electron chi connectivity index (χ0n) is 7.51. The summed E-state index contributed by atoms with van der Waals surface area (Å²) in [6.45, 7) is 5.99. The van der Waals surface area contributed by atoms with Gasteiger partial charge in [0.1, 0.15) is 0 Å². The molecule has 4 nitrogen and oxygen atoms in total. The second-order valence-corrected chi connectivity index (χ2v) is 2.83. The fourth-order valence-corrected chi connectivity index (χ4v) is 0.937. The molecule has 0 heterocycles. The van der Waals surface area contributed by atoms with Gasteiger partial charge in [0, 0.05) is 19.1 Å². The summed E-state index contributed by atoms with van der Waals surface area (Å²) in [6, 6.07) is 0.408. The van der Waals surface area contributed by atoms with E-state index in [0.29, 0.717) is 6.04 Å². The topological polar surface area (TPSA) is 67.3 Å². The van der Waals surface area contributed by atoms with Crippen LogP contribution in [-0.4, -0.2) is 24.1 Å². The number of nitrogens with one attached hydrogen (secondary N) is 1. The molecular weight excluding hydrogens is 140 g/mol. The molecule has 0 rings (SSSR count). The molecule has 0 radical (unpaired) electrons. The van der Waals surface area contributed by atoms with E-state index in [1.54, 1.807) is 0 Å². The molecule has 0 bridgehead atoms. The highest BCUT2D eigenvalue weighted by Crippen LogP contribution is 1.97. The Kier molecular flexibility index (Phi) is 6.45. The van der Waals surface area contributed by atoms with Gasteiger partial charge in [0.05, 0.1) is 0 Å². The maximum Gasteiger partial charge on any atom is 0.0225 e. The van der Waals surface area contributed by atoms with Crippen LogP contribution in [0.25, 0.3) is 0 Å². The molecule has 1 unspecified atom stereocenters. The maximum atomic E-state index is 5.73. The molecule has 0 saturated heterocycles. The van der Waals surface area contributed by atoms with E-state index >= 15 is 0 Å². The first-order valence-electron chi connectivity index (χ1n) is 4.17. The smallest absolute Gasteiger partial charge is 0.0225 e. The van der Waals surface area contributed by atoms with Crippen LogP contribution in [0.15, 0.2) is 0 Å². The predicted molar refractivity (Wildman–Crippen MR) is 47.5 cm³/mol. The number of hydrogen-bond donors (Lipinski definition) is 3. The highest BCUT2D eigenvalue weighted by Gasteiger charge is 2.06. The van der Waals surface area contributed by atoms with Crippen molar-refractivity contribution in [3.05, 3.63) is 0 Å². The summed E-state index contributed by atoms with van der Waals surface area (Å²) in [4.78, 5) is 0. The quantitative estimate of drug-likeness (QED) is 0.372. The van der Waals surface area contributed by atoms with Gasteiger partial charge < -0.3 is 0 Å². The summed E-state index contributed by atoms with van der Waals surface area (Å²) >= 11 is 0. The van der Waals surface area contributed by atoms with Crippen LogP contribution < -0.4 is 17.1 Å². The Balaban J connectivity index is 3.38. The lowest BCUT2D eigenvalue weighted by molar-refractivity contribution is 0.204. The van der Waals surface area contributed by atoms with E-state index in [4.69, 9.17) is 11.7 Å². The minimum Gasteiger partial charge on any atom is -0.271 e. The molecule has 0 saturated carbocycles. The lowest BCUT2D eigenvalue weighted by atomic mass is 10.2. The van der Waals surface area contributed by atoms with E-state index < -0.39 is 0 Å². The van der Waals surface area contributed by atoms with Crippen LogP contribution >= 0.6 is 0 Å². The molecular formula is C7H20N4. The number of hydrogen-bond acceptors (Lipinski definition) is 4. The van der Waals surface area contributed by atoms with Crippen LogP contribution in [0.4, 0.5) is 0 Å². The molecule has 0 aliphatic heterocycles. The summed E-state index contributed by atoms with van der Waals surface area (Å²) in [5.74, 6) is 10.9. The molecule has 0 aromatic heterocycles. The third-order valence-corrected chi connectivity index (χ3v) is 1.75. The lowest BCUT2D eigenvalue weighted by Gasteiger charge is -2.23. The molecule has 0 aliphatic carbocycles. The second-order valence-electron chi connectivity index (χ2n) is 2.83. The first kappa shape index (κ1) is 10.8. The van der Waals surface area contributed by atoms with Gasteiger partial charge in [-0.2, -0.15) is 0 Å². The van der Waals surface area contributed by atoms with Gasteiger partial charge in [-0.3, -0.25) is 17.1 Å². The van der Waals surface area contributed by atoms with Gasteiger partial charge >= 0.3 is 0 Å². The summed E-state index contributed by atoms with van der Waals surface area (Å²) in [5.41, 5.74) is 2.61. The molecule has 68 valence electrons. The minimum atomic E-state index is 0.408. The van der Waals surface area contributed by atoms with Gasteiger partial charge in [-0.15, -0.1) is 0 Å². The van der Waals surface area contributed by atoms with Crippen molar-refractivity contribution in [1.29, 1.82) is 0 Å². The summed E-state index contributed by atoms with van der Waals surface area (Å²) < 4.78 is 0. The van der Waals surface area contributed by atoms with Crippen molar-refractivity contribution in [3.63, 3.8) is 0 Å². The largest absolute Gasteiger partial charge is 0.271 e. The second kappa shape index (κ2) is 6.54. The third kappa shape index (κ3) is 5.15. The van der Waals surface area contributed by atoms with Gasteiger partial charge in [0.2, 0.25) is 0 Å². The number of nitrogens with two attached hydrogens (primary N) is 2. The zero-order valence-corrected chi connectivity index (χ0v) is 7.51. The van der Waals surface area contributed by atoms with Crippen molar-refractivity contribution >= 4 is 0 Å². The molecule has 0 spiro atoms. The first-order chi connectivity index (χ1) is 5.22. The van der Waals surface area contributed by atoms with Crippen LogP contribution in [0, 0.1) is 0 Å². The molecule has 0 aromatic carbocycles. The van der Waals surface area contributed by atoms with Crippen molar-refractivity contribution in [2.24, 2.45) is 11.7 Å². The van der Waals surface area contributed by atoms with E-state index in [1.165, 1.54) is 0 Å². The van der Waals surface area contributed by atoms with E-state index in [2.05, 4.69) is 19.3 Å². The van der Waals surface area contributed by atoms with E-state index in [9.17, 15) is 0 Å². The van der Waals surface area contributed by atoms with Crippen molar-refractivity contribution in [2.75, 3.05) is 13.1 Å². The molecule has 0 aliphatic rings. The third-order valence-electron chi connectivity index (χ3n) is 1.75. The first-order valence-corrected chi connectivity index (χ1v) is 4.17. The fraction of sp³-hybridized carbons (Fsp3) is 1.00. The molecule has 4 heteroatoms. The van der Waals surface area contributed by atoms with Crippen LogP contribution in [0.5, 0.6) is 0 Å². The Morgan fingerprint density at radius 1 is 1.55 bits per heavy atom. The SMILES string of the molecule is CCCN(N)C(C)CCNN. The minimum absolute atomic E-state index is 0.408. The highest BCUT2D eigenvalue weighted by atomic mass is 15.4. The summed E-state index contributed by atoms with van der Waals surface area (Å²) in [5, 5.41) is 1.86. The van der Waals surface area contributed by atoms with Crippen LogP contribution in [0.1, 0.15) is 26.7 Å². The van der Waals surface area contributed by atoms with Gasteiger partial charge in [0.25, 0.3) is 0 Å². The Labute approximate surface area is 68.9 Å². The average Bonchev–Trinajstić information content (AvgIpc) is 2.00. The fourth-order valence-electron chi connectivity index (χ4n) is 0.937. The van der Waals surface area contributed by atoms with Gasteiger partial charge in [0.15, 0.2) is 0 Å². The number of rotatable bonds is 6. The Hall–Kier alpha value is -0.160. The molecule has 11 heavy (non-hydrogen) atoms. The summed E-state index contributed by atoms with van der Waals surface area (Å²) in [6.07, 6.45) is 2.09. The number of nitrogens with zero attached hydrogens (tertiary/aromatic N) is 1. The van der Waals surface area contributed by atoms with E-state index in [1.807, 2.05) is 5.01 Å². The zero-order chi connectivity index (χ0) is 8.69. The molecule has 5 N–H and O–H groups in total. The van der Waals surface area contributed by atoms with Crippen LogP contribution in [-0.2, 0) is 0 Å². The normalized spacial score (nSPS) is 13.9. The van der Waals surface area contributed by atoms with Crippen molar-refractivity contribution in [3.8, 4) is 0 Å². The molecule has 0 amide bonds. The van der Waals surface area contributed by atoms with Gasteiger partial charge in [-0.25, -0.2) is 5.01 Å². The van der Waals surface area contributed by atoms with Crippen molar-refractivity contribution in [2.45, 2.75) is 32.7 Å². The summed E-state index contributed by atoms with van der Waals surface area (Å²) in [7, 11) is 0. The van der Waals surface area contributed by atoms with Gasteiger partial charge in [-0.1, -0.05) is 6.92 Å². The molecule has 0 fully saturated rings. The maximum absolute atomic E-state index is 5.73. The van der Waals surface area contributed by atoms with Gasteiger partial charge in [-0.05, 0) is 19.8 Å². The van der Waals surface area contributed by atoms with Crippen LogP contribution in [0.2, 0.25) is 0 Å². The van der Waals surface area contributed by atoms with Crippen molar-refractivity contribution in [1.82, 2.24) is 10.4 Å². The Bertz CT molecular complexity index is 86.5. The van der Waals surface area contributed by atoms with Crippen molar-refractivity contribution < 1.29 is 0 Å². The average molecular weight is 160 g/mol. The Morgan fingerprint density at radius 2 is 2.18 bits per heavy atom. The highest BCUT2D eigenvalue weighted by molar-refractivity contribution is 4.61. The van der Waals surface area contributed by atoms with E-state index in [-0.39, 0.29) is 0 Å². The van der Waals surface area contributed by atoms with Crippen LogP contribution in [0.3, 0.4) is 0 Å². The lowest BCUT2D eigenvalue weighted by Crippen LogP contribution is -2.41. The predicted octanol–water partition coefficient (Wildman–Crippen LogP) is -0.186.